The lowest BCUT2D eigenvalue weighted by atomic mass is 10.0. The molecule has 1 rings (SSSR count). The zero-order chi connectivity index (χ0) is 20.6. The van der Waals surface area contributed by atoms with Crippen molar-refractivity contribution in [3.05, 3.63) is 35.9 Å². The fourth-order valence-electron chi connectivity index (χ4n) is 2.44. The van der Waals surface area contributed by atoms with Crippen LogP contribution in [0.15, 0.2) is 30.3 Å². The molecule has 0 fully saturated rings. The van der Waals surface area contributed by atoms with Gasteiger partial charge < -0.3 is 25.7 Å². The van der Waals surface area contributed by atoms with Crippen LogP contribution in [0.5, 0.6) is 0 Å². The zero-order valence-electron chi connectivity index (χ0n) is 15.5. The minimum Gasteiger partial charge on any atom is -0.357 e. The van der Waals surface area contributed by atoms with Crippen LogP contribution in [0.25, 0.3) is 0 Å². The summed E-state index contributed by atoms with van der Waals surface area (Å²) in [5.41, 5.74) is -0.700. The number of carbonyl (C=O) groups is 3. The maximum absolute atomic E-state index is 12.6. The van der Waals surface area contributed by atoms with Gasteiger partial charge in [0, 0.05) is 13.5 Å². The number of benzene rings is 1. The summed E-state index contributed by atoms with van der Waals surface area (Å²) < 4.78 is 11.1. The van der Waals surface area contributed by atoms with Crippen molar-refractivity contribution < 1.29 is 28.7 Å². The highest BCUT2D eigenvalue weighted by Gasteiger charge is 2.32. The molecule has 1 aromatic carbocycles. The first-order valence-electron chi connectivity index (χ1n) is 8.47. The van der Waals surface area contributed by atoms with Crippen LogP contribution < -0.4 is 16.0 Å². The predicted octanol–water partition coefficient (Wildman–Crippen LogP) is 0.762. The molecular formula is C17H26N3O6P. The molecule has 150 valence electrons. The first-order valence-corrected chi connectivity index (χ1v) is 10.1. The van der Waals surface area contributed by atoms with E-state index in [4.69, 9.17) is 9.79 Å². The molecule has 0 bridgehead atoms. The summed E-state index contributed by atoms with van der Waals surface area (Å²) >= 11 is 0. The molecule has 0 aliphatic heterocycles. The van der Waals surface area contributed by atoms with Crippen molar-refractivity contribution in [1.82, 2.24) is 16.0 Å². The maximum atomic E-state index is 12.6. The van der Waals surface area contributed by atoms with Crippen LogP contribution in [0.1, 0.15) is 25.8 Å². The third-order valence-corrected chi connectivity index (χ3v) is 4.41. The molecular weight excluding hydrogens is 373 g/mol. The highest BCUT2D eigenvalue weighted by molar-refractivity contribution is 7.69. The number of rotatable bonds is 9. The highest BCUT2D eigenvalue weighted by Crippen LogP contribution is 2.35. The van der Waals surface area contributed by atoms with Crippen LogP contribution in [0.3, 0.4) is 0 Å². The van der Waals surface area contributed by atoms with E-state index in [0.29, 0.717) is 0 Å². The Kier molecular flexibility index (Phi) is 8.62. The molecule has 9 nitrogen and oxygen atoms in total. The molecule has 2 atom stereocenters. The minimum absolute atomic E-state index is 0.0367. The molecule has 27 heavy (non-hydrogen) atoms. The lowest BCUT2D eigenvalue weighted by molar-refractivity contribution is -0.129. The highest BCUT2D eigenvalue weighted by atomic mass is 31.2. The number of amides is 3. The summed E-state index contributed by atoms with van der Waals surface area (Å²) in [6.07, 6.45) is 0.385. The summed E-state index contributed by atoms with van der Waals surface area (Å²) in [6, 6.07) is 6.99. The van der Waals surface area contributed by atoms with Crippen molar-refractivity contribution in [2.75, 3.05) is 7.05 Å². The van der Waals surface area contributed by atoms with E-state index in [-0.39, 0.29) is 18.8 Å². The van der Waals surface area contributed by atoms with Crippen molar-refractivity contribution in [2.24, 2.45) is 5.92 Å². The summed E-state index contributed by atoms with van der Waals surface area (Å²) in [4.78, 5) is 54.3. The molecule has 5 N–H and O–H groups in total. The summed E-state index contributed by atoms with van der Waals surface area (Å²) in [6.45, 7) is 3.59. The van der Waals surface area contributed by atoms with Gasteiger partial charge in [-0.05, 0) is 17.9 Å². The number of hydrogen-bond acceptors (Lipinski definition) is 4. The van der Waals surface area contributed by atoms with Gasteiger partial charge in [0.2, 0.25) is 11.8 Å². The normalized spacial score (nSPS) is 13.6. The smallest absolute Gasteiger partial charge is 0.357 e. The fraction of sp³-hybridized carbons (Fsp3) is 0.471. The average molecular weight is 399 g/mol. The molecule has 0 saturated heterocycles. The number of nitrogens with one attached hydrogen (secondary N) is 3. The molecule has 0 spiro atoms. The van der Waals surface area contributed by atoms with Crippen LogP contribution in [0, 0.1) is 5.92 Å². The molecule has 0 saturated carbocycles. The SMILES string of the molecule is CNC(=O)[C@H](Cc1ccccc1)NC(=O)[C@H](CC(C)C)NC(=O)P(=O)(O)O. The second-order valence-corrected chi connectivity index (χ2v) is 8.04. The topological polar surface area (TPSA) is 145 Å². The lowest BCUT2D eigenvalue weighted by Crippen LogP contribution is -2.54. The van der Waals surface area contributed by atoms with E-state index in [9.17, 15) is 18.9 Å². The Balaban J connectivity index is 2.94. The molecule has 1 aromatic rings. The first kappa shape index (κ1) is 22.8. The van der Waals surface area contributed by atoms with Gasteiger partial charge in [0.05, 0.1) is 0 Å². The van der Waals surface area contributed by atoms with Gasteiger partial charge in [0.15, 0.2) is 0 Å². The van der Waals surface area contributed by atoms with E-state index in [2.05, 4.69) is 16.0 Å². The van der Waals surface area contributed by atoms with Crippen molar-refractivity contribution in [3.63, 3.8) is 0 Å². The number of carbonyl (C=O) groups excluding carboxylic acids is 3. The molecule has 0 aliphatic carbocycles. The van der Waals surface area contributed by atoms with Gasteiger partial charge in [0.1, 0.15) is 12.1 Å². The van der Waals surface area contributed by atoms with Crippen molar-refractivity contribution in [3.8, 4) is 0 Å². The van der Waals surface area contributed by atoms with Gasteiger partial charge in [-0.3, -0.25) is 14.4 Å². The van der Waals surface area contributed by atoms with Gasteiger partial charge in [-0.25, -0.2) is 4.57 Å². The summed E-state index contributed by atoms with van der Waals surface area (Å²) in [5.74, 6) is -1.14. The first-order chi connectivity index (χ1) is 12.5. The third kappa shape index (κ3) is 7.90. The fourth-order valence-corrected chi connectivity index (χ4v) is 2.77. The standard InChI is InChI=1S/C17H26N3O6P/c1-11(2)9-13(20-17(23)27(24,25)26)16(22)19-14(15(21)18-3)10-12-7-5-4-6-8-12/h4-8,11,13-14H,9-10H2,1-3H3,(H,18,21)(H,19,22)(H,20,23)(H2,24,25,26)/t13-,14-/m0/s1. The van der Waals surface area contributed by atoms with Gasteiger partial charge in [-0.1, -0.05) is 44.2 Å². The van der Waals surface area contributed by atoms with E-state index in [0.717, 1.165) is 5.56 Å². The maximum Gasteiger partial charge on any atom is 0.413 e. The molecule has 0 unspecified atom stereocenters. The Morgan fingerprint density at radius 3 is 2.07 bits per heavy atom. The van der Waals surface area contributed by atoms with Crippen LogP contribution in [-0.4, -0.2) is 46.4 Å². The molecule has 0 aliphatic rings. The van der Waals surface area contributed by atoms with E-state index >= 15 is 0 Å². The molecule has 10 heteroatoms. The van der Waals surface area contributed by atoms with E-state index in [1.54, 1.807) is 26.0 Å². The Bertz CT molecular complexity index is 704. The van der Waals surface area contributed by atoms with Crippen LogP contribution >= 0.6 is 7.60 Å². The van der Waals surface area contributed by atoms with Gasteiger partial charge >= 0.3 is 13.2 Å². The predicted molar refractivity (Wildman–Crippen MR) is 100.0 cm³/mol. The minimum atomic E-state index is -5.02. The monoisotopic (exact) mass is 399 g/mol. The van der Waals surface area contributed by atoms with Crippen molar-refractivity contribution in [1.29, 1.82) is 0 Å². The molecule has 3 amide bonds. The number of hydrogen-bond donors (Lipinski definition) is 5. The second-order valence-electron chi connectivity index (χ2n) is 6.54. The third-order valence-electron chi connectivity index (χ3n) is 3.75. The van der Waals surface area contributed by atoms with Crippen molar-refractivity contribution >= 4 is 25.1 Å². The Hall–Kier alpha value is -2.22. The van der Waals surface area contributed by atoms with E-state index in [1.165, 1.54) is 7.05 Å². The van der Waals surface area contributed by atoms with Gasteiger partial charge in [-0.2, -0.15) is 0 Å². The summed E-state index contributed by atoms with van der Waals surface area (Å²) in [7, 11) is -3.58. The molecule has 0 aromatic heterocycles. The molecule has 0 heterocycles. The Labute approximate surface area is 158 Å². The van der Waals surface area contributed by atoms with E-state index < -0.39 is 37.1 Å². The summed E-state index contributed by atoms with van der Waals surface area (Å²) in [5, 5.41) is 7.10. The van der Waals surface area contributed by atoms with Crippen LogP contribution in [0.4, 0.5) is 4.79 Å². The van der Waals surface area contributed by atoms with Gasteiger partial charge in [0.25, 0.3) is 0 Å². The van der Waals surface area contributed by atoms with E-state index in [1.807, 2.05) is 18.2 Å². The quantitative estimate of drug-likeness (QED) is 0.388. The van der Waals surface area contributed by atoms with Gasteiger partial charge in [-0.15, -0.1) is 0 Å². The zero-order valence-corrected chi connectivity index (χ0v) is 16.4. The Morgan fingerprint density at radius 1 is 1.00 bits per heavy atom. The lowest BCUT2D eigenvalue weighted by Gasteiger charge is -2.24. The van der Waals surface area contributed by atoms with Crippen LogP contribution in [-0.2, 0) is 20.6 Å². The largest absolute Gasteiger partial charge is 0.413 e. The van der Waals surface area contributed by atoms with Crippen molar-refractivity contribution in [2.45, 2.75) is 38.8 Å². The van der Waals surface area contributed by atoms with Crippen LogP contribution in [0.2, 0.25) is 0 Å². The average Bonchev–Trinajstić information content (AvgIpc) is 2.59. The number of likely N-dealkylation sites (N-methyl/N-ethyl adjacent to an activating group) is 1. The molecule has 0 radical (unpaired) electrons. The second kappa shape index (κ2) is 10.2. The Morgan fingerprint density at radius 2 is 1.59 bits per heavy atom.